The van der Waals surface area contributed by atoms with Crippen molar-refractivity contribution in [2.75, 3.05) is 0 Å². The number of rotatable bonds is 0. The maximum Gasteiger partial charge on any atom is 0.226 e. The second-order valence-electron chi connectivity index (χ2n) is 1.25. The number of hydrogen-bond donors (Lipinski definition) is 1. The third kappa shape index (κ3) is 0.980. The fraction of sp³-hybridized carbons (Fsp3) is 0. The summed E-state index contributed by atoms with van der Waals surface area (Å²) in [5.74, 6) is -0.0208. The first-order valence-electron chi connectivity index (χ1n) is 2.02. The van der Waals surface area contributed by atoms with Crippen LogP contribution in [0.4, 0.5) is 0 Å². The molecule has 0 amide bonds. The van der Waals surface area contributed by atoms with Crippen molar-refractivity contribution in [3.8, 4) is 5.88 Å². The smallest absolute Gasteiger partial charge is 0.226 e. The summed E-state index contributed by atoms with van der Waals surface area (Å²) < 4.78 is 0.594. The maximum atomic E-state index is 8.73. The van der Waals surface area contributed by atoms with E-state index >= 15 is 0 Å². The number of pyridine rings is 1. The molecule has 0 atom stereocenters. The number of nitrogens with zero attached hydrogens (tertiary/aromatic N) is 1. The van der Waals surface area contributed by atoms with Crippen molar-refractivity contribution in [1.82, 2.24) is 4.98 Å². The first-order chi connectivity index (χ1) is 3.80. The van der Waals surface area contributed by atoms with E-state index in [0.717, 1.165) is 0 Å². The molecule has 1 rings (SSSR count). The van der Waals surface area contributed by atoms with E-state index < -0.39 is 0 Å². The summed E-state index contributed by atoms with van der Waals surface area (Å²) in [5.41, 5.74) is 0. The van der Waals surface area contributed by atoms with Gasteiger partial charge < -0.3 is 5.11 Å². The van der Waals surface area contributed by atoms with E-state index in [-0.39, 0.29) is 5.88 Å². The van der Waals surface area contributed by atoms with E-state index in [1.807, 2.05) is 0 Å². The molecule has 1 aromatic heterocycles. The van der Waals surface area contributed by atoms with Gasteiger partial charge in [0.05, 0.1) is 10.7 Å². The highest BCUT2D eigenvalue weighted by atomic mass is 79.9. The zero-order chi connectivity index (χ0) is 5.98. The molecule has 8 heavy (non-hydrogen) atoms. The van der Waals surface area contributed by atoms with Gasteiger partial charge in [0.25, 0.3) is 0 Å². The van der Waals surface area contributed by atoms with Crippen LogP contribution in [0.3, 0.4) is 0 Å². The molecule has 3 heteroatoms. The second kappa shape index (κ2) is 2.13. The lowest BCUT2D eigenvalue weighted by atomic mass is 10.5. The standard InChI is InChI=1S/C5H3BrNO/c6-4-2-1-3-7-5(4)8/h1-2H,(H,7,8). The lowest BCUT2D eigenvalue weighted by Crippen LogP contribution is -1.71. The highest BCUT2D eigenvalue weighted by Crippen LogP contribution is 2.17. The van der Waals surface area contributed by atoms with Gasteiger partial charge in [-0.2, -0.15) is 0 Å². The summed E-state index contributed by atoms with van der Waals surface area (Å²) in [4.78, 5) is 3.46. The van der Waals surface area contributed by atoms with Gasteiger partial charge in [-0.15, -0.1) is 0 Å². The van der Waals surface area contributed by atoms with Crippen LogP contribution >= 0.6 is 15.9 Å². The molecule has 1 aromatic rings. The molecule has 1 N–H and O–H groups in total. The monoisotopic (exact) mass is 172 g/mol. The van der Waals surface area contributed by atoms with Crippen molar-refractivity contribution >= 4 is 15.9 Å². The number of halogens is 1. The van der Waals surface area contributed by atoms with E-state index in [1.54, 1.807) is 12.1 Å². The van der Waals surface area contributed by atoms with Crippen LogP contribution in [0.5, 0.6) is 5.88 Å². The molecule has 1 heterocycles. The number of aromatic nitrogens is 1. The minimum absolute atomic E-state index is 0.0208. The Kier molecular flexibility index (Phi) is 1.48. The molecule has 0 aliphatic heterocycles. The van der Waals surface area contributed by atoms with E-state index in [9.17, 15) is 0 Å². The van der Waals surface area contributed by atoms with Gasteiger partial charge in [-0.3, -0.25) is 0 Å². The molecule has 0 saturated carbocycles. The number of hydrogen-bond acceptors (Lipinski definition) is 2. The predicted molar refractivity (Wildman–Crippen MR) is 32.4 cm³/mol. The van der Waals surface area contributed by atoms with Crippen LogP contribution in [0.15, 0.2) is 16.6 Å². The SMILES string of the molecule is Oc1n[c]ccc1Br. The van der Waals surface area contributed by atoms with Crippen molar-refractivity contribution in [3.63, 3.8) is 0 Å². The van der Waals surface area contributed by atoms with E-state index in [0.29, 0.717) is 4.47 Å². The summed E-state index contributed by atoms with van der Waals surface area (Å²) in [5, 5.41) is 8.73. The molecular weight excluding hydrogens is 170 g/mol. The Labute approximate surface area is 55.3 Å². The first kappa shape index (κ1) is 5.56. The van der Waals surface area contributed by atoms with Gasteiger partial charge in [-0.25, -0.2) is 4.98 Å². The summed E-state index contributed by atoms with van der Waals surface area (Å²) in [7, 11) is 0. The molecule has 41 valence electrons. The zero-order valence-corrected chi connectivity index (χ0v) is 5.51. The van der Waals surface area contributed by atoms with Crippen LogP contribution in [0, 0.1) is 6.20 Å². The fourth-order valence-electron chi connectivity index (χ4n) is 0.337. The van der Waals surface area contributed by atoms with E-state index in [1.165, 1.54) is 0 Å². The third-order valence-corrected chi connectivity index (χ3v) is 1.31. The Morgan fingerprint density at radius 1 is 1.75 bits per heavy atom. The molecule has 0 bridgehead atoms. The minimum atomic E-state index is -0.0208. The lowest BCUT2D eigenvalue weighted by molar-refractivity contribution is 0.449. The van der Waals surface area contributed by atoms with E-state index in [2.05, 4.69) is 27.1 Å². The molecule has 0 aromatic carbocycles. The van der Waals surface area contributed by atoms with E-state index in [4.69, 9.17) is 5.11 Å². The van der Waals surface area contributed by atoms with Gasteiger partial charge in [0.2, 0.25) is 5.88 Å². The third-order valence-electron chi connectivity index (χ3n) is 0.688. The van der Waals surface area contributed by atoms with Crippen molar-refractivity contribution in [2.24, 2.45) is 0 Å². The quantitative estimate of drug-likeness (QED) is 0.642. The van der Waals surface area contributed by atoms with Gasteiger partial charge in [0.15, 0.2) is 0 Å². The Morgan fingerprint density at radius 3 is 2.88 bits per heavy atom. The van der Waals surface area contributed by atoms with Crippen molar-refractivity contribution in [3.05, 3.63) is 22.8 Å². The highest BCUT2D eigenvalue weighted by Gasteiger charge is 1.91. The van der Waals surface area contributed by atoms with Crippen molar-refractivity contribution in [1.29, 1.82) is 0 Å². The highest BCUT2D eigenvalue weighted by molar-refractivity contribution is 9.10. The Morgan fingerprint density at radius 2 is 2.50 bits per heavy atom. The van der Waals surface area contributed by atoms with Gasteiger partial charge in [0, 0.05) is 0 Å². The first-order valence-corrected chi connectivity index (χ1v) is 2.81. The largest absolute Gasteiger partial charge is 0.492 e. The van der Waals surface area contributed by atoms with Crippen LogP contribution in [0.25, 0.3) is 0 Å². The Balaban J connectivity index is 3.13. The zero-order valence-electron chi connectivity index (χ0n) is 3.93. The molecule has 1 radical (unpaired) electrons. The van der Waals surface area contributed by atoms with Gasteiger partial charge in [-0.1, -0.05) is 0 Å². The molecule has 0 fully saturated rings. The summed E-state index contributed by atoms with van der Waals surface area (Å²) >= 11 is 3.06. The fourth-order valence-corrected chi connectivity index (χ4v) is 0.558. The number of aromatic hydroxyl groups is 1. The predicted octanol–water partition coefficient (Wildman–Crippen LogP) is 1.35. The summed E-state index contributed by atoms with van der Waals surface area (Å²) in [6, 6.07) is 3.28. The molecule has 2 nitrogen and oxygen atoms in total. The van der Waals surface area contributed by atoms with Crippen molar-refractivity contribution < 1.29 is 5.11 Å². The normalized spacial score (nSPS) is 9.12. The molecular formula is C5H3BrNO. The summed E-state index contributed by atoms with van der Waals surface area (Å²) in [6.07, 6.45) is 2.47. The van der Waals surface area contributed by atoms with Crippen LogP contribution in [-0.2, 0) is 0 Å². The van der Waals surface area contributed by atoms with Crippen molar-refractivity contribution in [2.45, 2.75) is 0 Å². The average Bonchev–Trinajstić information content (AvgIpc) is 1.77. The molecule has 0 saturated heterocycles. The van der Waals surface area contributed by atoms with Gasteiger partial charge in [-0.05, 0) is 28.1 Å². The van der Waals surface area contributed by atoms with Gasteiger partial charge in [0.1, 0.15) is 0 Å². The van der Waals surface area contributed by atoms with Crippen LogP contribution in [0.2, 0.25) is 0 Å². The van der Waals surface area contributed by atoms with Gasteiger partial charge >= 0.3 is 0 Å². The lowest BCUT2D eigenvalue weighted by Gasteiger charge is -1.88. The second-order valence-corrected chi connectivity index (χ2v) is 2.10. The topological polar surface area (TPSA) is 33.1 Å². The van der Waals surface area contributed by atoms with Crippen LogP contribution < -0.4 is 0 Å². The molecule has 0 spiro atoms. The molecule has 0 unspecified atom stereocenters. The molecule has 0 aliphatic rings. The Bertz CT molecular complexity index is 169. The summed E-state index contributed by atoms with van der Waals surface area (Å²) in [6.45, 7) is 0. The van der Waals surface area contributed by atoms with Crippen LogP contribution in [0.1, 0.15) is 0 Å². The maximum absolute atomic E-state index is 8.73. The molecule has 0 aliphatic carbocycles. The Hall–Kier alpha value is -0.570. The van der Waals surface area contributed by atoms with Crippen LogP contribution in [-0.4, -0.2) is 10.1 Å². The average molecular weight is 173 g/mol. The minimum Gasteiger partial charge on any atom is -0.492 e.